The first-order valence-electron chi connectivity index (χ1n) is 5.80. The van der Waals surface area contributed by atoms with Gasteiger partial charge in [-0.3, -0.25) is 14.9 Å². The summed E-state index contributed by atoms with van der Waals surface area (Å²) >= 11 is 3.24. The van der Waals surface area contributed by atoms with Crippen LogP contribution in [-0.2, 0) is 0 Å². The molecule has 0 radical (unpaired) electrons. The normalized spacial score (nSPS) is 10.0. The van der Waals surface area contributed by atoms with Gasteiger partial charge in [-0.15, -0.1) is 0 Å². The molecule has 0 aromatic heterocycles. The number of hydrogen-bond acceptors (Lipinski definition) is 5. The molecule has 2 aromatic rings. The molecule has 7 heteroatoms. The van der Waals surface area contributed by atoms with Crippen LogP contribution in [0.4, 0.5) is 5.69 Å². The maximum Gasteiger partial charge on any atom is 0.314 e. The van der Waals surface area contributed by atoms with Crippen molar-refractivity contribution in [1.29, 1.82) is 0 Å². The lowest BCUT2D eigenvalue weighted by Gasteiger charge is -2.08. The van der Waals surface area contributed by atoms with Gasteiger partial charge in [-0.05, 0) is 46.3 Å². The van der Waals surface area contributed by atoms with Crippen molar-refractivity contribution in [3.8, 4) is 17.2 Å². The maximum atomic E-state index is 10.9. The summed E-state index contributed by atoms with van der Waals surface area (Å²) in [7, 11) is 1.36. The predicted octanol–water partition coefficient (Wildman–Crippen LogP) is 3.97. The van der Waals surface area contributed by atoms with Crippen molar-refractivity contribution < 1.29 is 19.2 Å². The predicted molar refractivity (Wildman–Crippen MR) is 79.3 cm³/mol. The molecule has 108 valence electrons. The Balaban J connectivity index is 2.31. The monoisotopic (exact) mass is 351 g/mol. The summed E-state index contributed by atoms with van der Waals surface area (Å²) in [4.78, 5) is 21.1. The van der Waals surface area contributed by atoms with Crippen LogP contribution in [0, 0.1) is 10.1 Å². The van der Waals surface area contributed by atoms with Crippen LogP contribution in [-0.4, -0.2) is 18.3 Å². The summed E-state index contributed by atoms with van der Waals surface area (Å²) < 4.78 is 11.0. The number of nitrogens with zero attached hydrogens (tertiary/aromatic N) is 1. The van der Waals surface area contributed by atoms with E-state index >= 15 is 0 Å². The first-order valence-corrected chi connectivity index (χ1v) is 6.59. The zero-order valence-corrected chi connectivity index (χ0v) is 12.5. The van der Waals surface area contributed by atoms with Gasteiger partial charge in [0.05, 0.1) is 18.1 Å². The summed E-state index contributed by atoms with van der Waals surface area (Å²) in [5.41, 5.74) is 0.307. The molecule has 2 rings (SSSR count). The number of carbonyl (C=O) groups is 1. The van der Waals surface area contributed by atoms with E-state index in [0.29, 0.717) is 27.8 Å². The summed E-state index contributed by atoms with van der Waals surface area (Å²) in [6.45, 7) is 0. The molecule has 0 heterocycles. The molecule has 21 heavy (non-hydrogen) atoms. The average molecular weight is 352 g/mol. The molecular formula is C14H10BrNO5. The Kier molecular flexibility index (Phi) is 4.54. The number of benzene rings is 2. The van der Waals surface area contributed by atoms with E-state index in [1.165, 1.54) is 19.2 Å². The van der Waals surface area contributed by atoms with Crippen molar-refractivity contribution in [2.45, 2.75) is 0 Å². The highest BCUT2D eigenvalue weighted by Gasteiger charge is 2.16. The van der Waals surface area contributed by atoms with E-state index in [-0.39, 0.29) is 11.4 Å². The van der Waals surface area contributed by atoms with Crippen LogP contribution in [0.5, 0.6) is 17.2 Å². The molecule has 0 aliphatic heterocycles. The second-order valence-corrected chi connectivity index (χ2v) is 4.85. The molecule has 0 aliphatic carbocycles. The number of carbonyl (C=O) groups excluding carboxylic acids is 1. The lowest BCUT2D eigenvalue weighted by molar-refractivity contribution is -0.385. The number of ether oxygens (including phenoxy) is 2. The Bertz CT molecular complexity index is 702. The molecule has 0 spiro atoms. The molecular weight excluding hydrogens is 342 g/mol. The third-order valence-corrected chi connectivity index (χ3v) is 3.37. The molecule has 0 saturated heterocycles. The van der Waals surface area contributed by atoms with Gasteiger partial charge in [-0.2, -0.15) is 0 Å². The molecule has 0 unspecified atom stereocenters. The minimum absolute atomic E-state index is 0.157. The fourth-order valence-corrected chi connectivity index (χ4v) is 2.13. The Morgan fingerprint density at radius 3 is 2.43 bits per heavy atom. The van der Waals surface area contributed by atoms with Crippen LogP contribution in [0.2, 0.25) is 0 Å². The van der Waals surface area contributed by atoms with Crippen molar-refractivity contribution in [3.63, 3.8) is 0 Å². The van der Waals surface area contributed by atoms with Gasteiger partial charge in [-0.1, -0.05) is 0 Å². The van der Waals surface area contributed by atoms with E-state index < -0.39 is 4.92 Å². The number of aldehydes is 1. The third kappa shape index (κ3) is 3.38. The number of methoxy groups -OCH3 is 1. The van der Waals surface area contributed by atoms with Crippen molar-refractivity contribution in [3.05, 3.63) is 56.5 Å². The van der Waals surface area contributed by atoms with Crippen molar-refractivity contribution in [1.82, 2.24) is 0 Å². The highest BCUT2D eigenvalue weighted by atomic mass is 79.9. The van der Waals surface area contributed by atoms with Gasteiger partial charge in [0.2, 0.25) is 0 Å². The molecule has 2 aromatic carbocycles. The maximum absolute atomic E-state index is 10.9. The van der Waals surface area contributed by atoms with Gasteiger partial charge in [0.15, 0.2) is 12.0 Å². The first kappa shape index (κ1) is 15.0. The molecule has 0 fully saturated rings. The lowest BCUT2D eigenvalue weighted by Crippen LogP contribution is -1.94. The minimum Gasteiger partial charge on any atom is -0.490 e. The van der Waals surface area contributed by atoms with Crippen LogP contribution in [0.1, 0.15) is 10.4 Å². The van der Waals surface area contributed by atoms with Gasteiger partial charge in [0.25, 0.3) is 0 Å². The van der Waals surface area contributed by atoms with E-state index in [1.807, 2.05) is 0 Å². The van der Waals surface area contributed by atoms with Crippen LogP contribution in [0.15, 0.2) is 40.9 Å². The molecule has 0 bridgehead atoms. The van der Waals surface area contributed by atoms with E-state index in [1.54, 1.807) is 24.3 Å². The third-order valence-electron chi connectivity index (χ3n) is 2.68. The summed E-state index contributed by atoms with van der Waals surface area (Å²) in [5, 5.41) is 10.9. The van der Waals surface area contributed by atoms with Crippen LogP contribution in [0.3, 0.4) is 0 Å². The SMILES string of the molecule is COc1ccc(Oc2ccc(C=O)c(Br)c2)cc1[N+](=O)[O-]. The van der Waals surface area contributed by atoms with Crippen LogP contribution < -0.4 is 9.47 Å². The Hall–Kier alpha value is -2.41. The Morgan fingerprint density at radius 1 is 1.19 bits per heavy atom. The van der Waals surface area contributed by atoms with Crippen LogP contribution >= 0.6 is 15.9 Å². The van der Waals surface area contributed by atoms with E-state index in [4.69, 9.17) is 9.47 Å². The summed E-state index contributed by atoms with van der Waals surface area (Å²) in [6.07, 6.45) is 0.714. The molecule has 6 nitrogen and oxygen atoms in total. The molecule has 0 saturated carbocycles. The molecule has 0 atom stereocenters. The highest BCUT2D eigenvalue weighted by Crippen LogP contribution is 2.33. The lowest BCUT2D eigenvalue weighted by atomic mass is 10.2. The second kappa shape index (κ2) is 6.36. The summed E-state index contributed by atoms with van der Waals surface area (Å²) in [6, 6.07) is 9.10. The first-order chi connectivity index (χ1) is 10.0. The smallest absolute Gasteiger partial charge is 0.314 e. The number of rotatable bonds is 5. The topological polar surface area (TPSA) is 78.7 Å². The van der Waals surface area contributed by atoms with E-state index in [9.17, 15) is 14.9 Å². The quantitative estimate of drug-likeness (QED) is 0.462. The van der Waals surface area contributed by atoms with E-state index in [2.05, 4.69) is 15.9 Å². The van der Waals surface area contributed by atoms with Gasteiger partial charge in [0.1, 0.15) is 11.5 Å². The van der Waals surface area contributed by atoms with Crippen LogP contribution in [0.25, 0.3) is 0 Å². The molecule has 0 N–H and O–H groups in total. The Labute approximate surface area is 128 Å². The zero-order chi connectivity index (χ0) is 15.4. The Morgan fingerprint density at radius 2 is 1.86 bits per heavy atom. The van der Waals surface area contributed by atoms with Crippen molar-refractivity contribution >= 4 is 27.9 Å². The average Bonchev–Trinajstić information content (AvgIpc) is 2.47. The molecule has 0 amide bonds. The molecule has 0 aliphatic rings. The largest absolute Gasteiger partial charge is 0.490 e. The number of nitro benzene ring substituents is 1. The van der Waals surface area contributed by atoms with Gasteiger partial charge >= 0.3 is 5.69 Å². The second-order valence-electron chi connectivity index (χ2n) is 3.99. The van der Waals surface area contributed by atoms with Crippen molar-refractivity contribution in [2.75, 3.05) is 7.11 Å². The van der Waals surface area contributed by atoms with Crippen molar-refractivity contribution in [2.24, 2.45) is 0 Å². The van der Waals surface area contributed by atoms with Gasteiger partial charge < -0.3 is 9.47 Å². The fraction of sp³-hybridized carbons (Fsp3) is 0.0714. The standard InChI is InChI=1S/C14H10BrNO5/c1-20-14-5-4-11(7-13(14)16(18)19)21-10-3-2-9(8-17)12(15)6-10/h2-8H,1H3. The number of nitro groups is 1. The zero-order valence-electron chi connectivity index (χ0n) is 10.9. The highest BCUT2D eigenvalue weighted by molar-refractivity contribution is 9.10. The van der Waals surface area contributed by atoms with Gasteiger partial charge in [-0.25, -0.2) is 0 Å². The number of halogens is 1. The van der Waals surface area contributed by atoms with E-state index in [0.717, 1.165) is 0 Å². The van der Waals surface area contributed by atoms with Gasteiger partial charge in [0, 0.05) is 10.0 Å². The minimum atomic E-state index is -0.545. The summed E-state index contributed by atoms with van der Waals surface area (Å²) in [5.74, 6) is 0.907. The fourth-order valence-electron chi connectivity index (χ4n) is 1.68. The number of hydrogen-bond donors (Lipinski definition) is 0.